The topological polar surface area (TPSA) is 69.6 Å². The number of aliphatic carboxylic acids is 1. The molecule has 108 valence electrons. The lowest BCUT2D eigenvalue weighted by Crippen LogP contribution is -2.37. The summed E-state index contributed by atoms with van der Waals surface area (Å²) < 4.78 is 12.7. The van der Waals surface area contributed by atoms with Gasteiger partial charge in [-0.15, -0.1) is 0 Å². The Morgan fingerprint density at radius 1 is 1.35 bits per heavy atom. The molecule has 1 aliphatic heterocycles. The number of anilines is 1. The van der Waals surface area contributed by atoms with Crippen LogP contribution in [0.1, 0.15) is 19.3 Å². The van der Waals surface area contributed by atoms with Crippen molar-refractivity contribution in [3.8, 4) is 0 Å². The predicted molar refractivity (Wildman–Crippen MR) is 71.9 cm³/mol. The molecule has 20 heavy (non-hydrogen) atoms. The van der Waals surface area contributed by atoms with Crippen molar-refractivity contribution in [2.75, 3.05) is 18.4 Å². The minimum absolute atomic E-state index is 0.201. The average Bonchev–Trinajstić information content (AvgIpc) is 2.88. The molecular weight excluding hydrogens is 263 g/mol. The van der Waals surface area contributed by atoms with E-state index in [0.717, 1.165) is 6.42 Å². The molecule has 0 saturated carbocycles. The van der Waals surface area contributed by atoms with E-state index in [4.69, 9.17) is 5.11 Å². The van der Waals surface area contributed by atoms with Crippen molar-refractivity contribution in [1.29, 1.82) is 0 Å². The summed E-state index contributed by atoms with van der Waals surface area (Å²) in [4.78, 5) is 24.6. The molecule has 0 spiro atoms. The van der Waals surface area contributed by atoms with Gasteiger partial charge in [0.25, 0.3) is 0 Å². The maximum Gasteiger partial charge on any atom is 0.320 e. The van der Waals surface area contributed by atoms with Crippen LogP contribution in [0.15, 0.2) is 24.3 Å². The highest BCUT2D eigenvalue weighted by molar-refractivity contribution is 5.90. The van der Waals surface area contributed by atoms with Crippen molar-refractivity contribution in [2.45, 2.75) is 25.3 Å². The molecule has 2 rings (SSSR count). The molecule has 1 aliphatic rings. The van der Waals surface area contributed by atoms with Gasteiger partial charge in [0.1, 0.15) is 11.9 Å². The number of benzene rings is 1. The van der Waals surface area contributed by atoms with Gasteiger partial charge in [-0.25, -0.2) is 4.39 Å². The Morgan fingerprint density at radius 3 is 2.70 bits per heavy atom. The smallest absolute Gasteiger partial charge is 0.320 e. The number of carbonyl (C=O) groups excluding carboxylic acids is 1. The Balaban J connectivity index is 1.80. The fourth-order valence-electron chi connectivity index (χ4n) is 2.38. The monoisotopic (exact) mass is 280 g/mol. The van der Waals surface area contributed by atoms with Gasteiger partial charge in [0.2, 0.25) is 5.91 Å². The third-order valence-electron chi connectivity index (χ3n) is 3.40. The highest BCUT2D eigenvalue weighted by atomic mass is 19.1. The largest absolute Gasteiger partial charge is 0.480 e. The van der Waals surface area contributed by atoms with E-state index >= 15 is 0 Å². The van der Waals surface area contributed by atoms with E-state index in [1.54, 1.807) is 0 Å². The van der Waals surface area contributed by atoms with E-state index in [0.29, 0.717) is 25.2 Å². The second kappa shape index (κ2) is 6.47. The number of rotatable bonds is 5. The molecule has 0 aliphatic carbocycles. The molecule has 1 atom stereocenters. The zero-order valence-electron chi connectivity index (χ0n) is 11.0. The third kappa shape index (κ3) is 3.77. The molecule has 1 amide bonds. The highest BCUT2D eigenvalue weighted by Crippen LogP contribution is 2.17. The first-order chi connectivity index (χ1) is 9.56. The van der Waals surface area contributed by atoms with Crippen LogP contribution in [0, 0.1) is 5.82 Å². The van der Waals surface area contributed by atoms with Crippen LogP contribution in [0.4, 0.5) is 10.1 Å². The van der Waals surface area contributed by atoms with Crippen LogP contribution in [-0.2, 0) is 9.59 Å². The van der Waals surface area contributed by atoms with Gasteiger partial charge < -0.3 is 10.4 Å². The van der Waals surface area contributed by atoms with Crippen LogP contribution in [0.25, 0.3) is 0 Å². The van der Waals surface area contributed by atoms with E-state index < -0.39 is 12.0 Å². The number of likely N-dealkylation sites (tertiary alicyclic amines) is 1. The van der Waals surface area contributed by atoms with Crippen LogP contribution in [0.5, 0.6) is 0 Å². The number of amides is 1. The van der Waals surface area contributed by atoms with Gasteiger partial charge in [0.15, 0.2) is 0 Å². The Labute approximate surface area is 116 Å². The van der Waals surface area contributed by atoms with Gasteiger partial charge in [-0.2, -0.15) is 0 Å². The van der Waals surface area contributed by atoms with Crippen molar-refractivity contribution in [1.82, 2.24) is 4.90 Å². The Kier molecular flexibility index (Phi) is 4.68. The average molecular weight is 280 g/mol. The summed E-state index contributed by atoms with van der Waals surface area (Å²) >= 11 is 0. The Morgan fingerprint density at radius 2 is 2.05 bits per heavy atom. The minimum atomic E-state index is -0.832. The number of nitrogens with zero attached hydrogens (tertiary/aromatic N) is 1. The summed E-state index contributed by atoms with van der Waals surface area (Å²) in [5.41, 5.74) is 0.535. The summed E-state index contributed by atoms with van der Waals surface area (Å²) in [5.74, 6) is -1.39. The normalized spacial score (nSPS) is 18.9. The molecule has 1 fully saturated rings. The lowest BCUT2D eigenvalue weighted by molar-refractivity contribution is -0.142. The molecule has 2 N–H and O–H groups in total. The second-order valence-electron chi connectivity index (χ2n) is 4.84. The lowest BCUT2D eigenvalue weighted by Gasteiger charge is -2.20. The fraction of sp³-hybridized carbons (Fsp3) is 0.429. The molecule has 0 radical (unpaired) electrons. The van der Waals surface area contributed by atoms with Crippen LogP contribution >= 0.6 is 0 Å². The summed E-state index contributed by atoms with van der Waals surface area (Å²) in [6, 6.07) is 5.05. The number of nitrogens with one attached hydrogen (secondary N) is 1. The first kappa shape index (κ1) is 14.5. The van der Waals surface area contributed by atoms with Crippen molar-refractivity contribution in [3.63, 3.8) is 0 Å². The fourth-order valence-corrected chi connectivity index (χ4v) is 2.38. The van der Waals surface area contributed by atoms with E-state index in [9.17, 15) is 14.0 Å². The standard InChI is InChI=1S/C14H17FN2O3/c15-10-3-5-11(6-4-10)16-13(18)7-9-17-8-1-2-12(17)14(19)20/h3-6,12H,1-2,7-9H2,(H,16,18)(H,19,20). The van der Waals surface area contributed by atoms with Crippen LogP contribution < -0.4 is 5.32 Å². The quantitative estimate of drug-likeness (QED) is 0.861. The summed E-state index contributed by atoms with van der Waals surface area (Å²) in [6.07, 6.45) is 1.70. The van der Waals surface area contributed by atoms with E-state index in [-0.39, 0.29) is 18.1 Å². The van der Waals surface area contributed by atoms with Crippen LogP contribution in [0.3, 0.4) is 0 Å². The van der Waals surface area contributed by atoms with E-state index in [2.05, 4.69) is 5.32 Å². The van der Waals surface area contributed by atoms with Gasteiger partial charge >= 0.3 is 5.97 Å². The number of carboxylic acids is 1. The molecule has 1 aromatic carbocycles. The first-order valence-corrected chi connectivity index (χ1v) is 6.58. The molecule has 1 heterocycles. The van der Waals surface area contributed by atoms with Crippen molar-refractivity contribution in [3.05, 3.63) is 30.1 Å². The predicted octanol–water partition coefficient (Wildman–Crippen LogP) is 1.70. The van der Waals surface area contributed by atoms with Gasteiger partial charge in [-0.1, -0.05) is 0 Å². The first-order valence-electron chi connectivity index (χ1n) is 6.58. The van der Waals surface area contributed by atoms with Crippen LogP contribution in [0.2, 0.25) is 0 Å². The summed E-state index contributed by atoms with van der Waals surface area (Å²) in [6.45, 7) is 1.13. The Hall–Kier alpha value is -1.95. The van der Waals surface area contributed by atoms with Gasteiger partial charge in [0, 0.05) is 18.7 Å². The van der Waals surface area contributed by atoms with Crippen LogP contribution in [-0.4, -0.2) is 41.0 Å². The maximum atomic E-state index is 12.7. The van der Waals surface area contributed by atoms with Gasteiger partial charge in [0.05, 0.1) is 0 Å². The molecule has 5 nitrogen and oxygen atoms in total. The second-order valence-corrected chi connectivity index (χ2v) is 4.84. The zero-order valence-corrected chi connectivity index (χ0v) is 11.0. The molecule has 1 aromatic rings. The number of halogens is 1. The number of hydrogen-bond donors (Lipinski definition) is 2. The summed E-state index contributed by atoms with van der Waals surface area (Å²) in [5, 5.41) is 11.7. The maximum absolute atomic E-state index is 12.7. The lowest BCUT2D eigenvalue weighted by atomic mass is 10.2. The van der Waals surface area contributed by atoms with E-state index in [1.807, 2.05) is 4.90 Å². The van der Waals surface area contributed by atoms with Crippen molar-refractivity contribution in [2.24, 2.45) is 0 Å². The third-order valence-corrected chi connectivity index (χ3v) is 3.40. The number of carbonyl (C=O) groups is 2. The Bertz CT molecular complexity index is 490. The summed E-state index contributed by atoms with van der Waals surface area (Å²) in [7, 11) is 0. The van der Waals surface area contributed by atoms with Crippen molar-refractivity contribution < 1.29 is 19.1 Å². The number of hydrogen-bond acceptors (Lipinski definition) is 3. The molecule has 1 saturated heterocycles. The van der Waals surface area contributed by atoms with Crippen molar-refractivity contribution >= 4 is 17.6 Å². The minimum Gasteiger partial charge on any atom is -0.480 e. The molecular formula is C14H17FN2O3. The molecule has 6 heteroatoms. The highest BCUT2D eigenvalue weighted by Gasteiger charge is 2.30. The van der Waals surface area contributed by atoms with Gasteiger partial charge in [-0.3, -0.25) is 14.5 Å². The number of carboxylic acid groups (broad SMARTS) is 1. The SMILES string of the molecule is O=C(CCN1CCCC1C(=O)O)Nc1ccc(F)cc1. The zero-order chi connectivity index (χ0) is 14.5. The molecule has 0 aromatic heterocycles. The van der Waals surface area contributed by atoms with E-state index in [1.165, 1.54) is 24.3 Å². The van der Waals surface area contributed by atoms with Gasteiger partial charge in [-0.05, 0) is 43.7 Å². The molecule has 0 bridgehead atoms. The molecule has 1 unspecified atom stereocenters.